The predicted octanol–water partition coefficient (Wildman–Crippen LogP) is 2.11. The fourth-order valence-corrected chi connectivity index (χ4v) is 2.25. The number of esters is 1. The molecule has 20 heavy (non-hydrogen) atoms. The summed E-state index contributed by atoms with van der Waals surface area (Å²) in [6.45, 7) is 8.19. The van der Waals surface area contributed by atoms with Crippen molar-refractivity contribution >= 4 is 17.6 Å². The lowest BCUT2D eigenvalue weighted by Crippen LogP contribution is -2.26. The minimum absolute atomic E-state index is 0.0285. The van der Waals surface area contributed by atoms with E-state index in [-0.39, 0.29) is 11.8 Å². The lowest BCUT2D eigenvalue weighted by Gasteiger charge is -2.18. The van der Waals surface area contributed by atoms with Crippen molar-refractivity contribution in [1.29, 1.82) is 0 Å². The van der Waals surface area contributed by atoms with Crippen LogP contribution in [0.5, 0.6) is 0 Å². The Kier molecular flexibility index (Phi) is 4.17. The molecule has 2 heterocycles. The summed E-state index contributed by atoms with van der Waals surface area (Å²) in [5.41, 5.74) is 1.75. The Hall–Kier alpha value is -2.17. The van der Waals surface area contributed by atoms with Crippen molar-refractivity contribution < 1.29 is 14.3 Å². The average molecular weight is 274 g/mol. The van der Waals surface area contributed by atoms with E-state index in [0.29, 0.717) is 30.8 Å². The third-order valence-corrected chi connectivity index (χ3v) is 3.35. The molecule has 1 aliphatic rings. The monoisotopic (exact) mass is 274 g/mol. The average Bonchev–Trinajstić information content (AvgIpc) is 2.81. The number of rotatable bonds is 4. The Bertz CT molecular complexity index is 554. The van der Waals surface area contributed by atoms with E-state index in [1.165, 1.54) is 6.20 Å². The topological polar surface area (TPSA) is 59.5 Å². The maximum absolute atomic E-state index is 12.0. The van der Waals surface area contributed by atoms with Gasteiger partial charge >= 0.3 is 5.97 Å². The summed E-state index contributed by atoms with van der Waals surface area (Å²) in [4.78, 5) is 29.6. The predicted molar refractivity (Wildman–Crippen MR) is 75.6 cm³/mol. The number of amides is 1. The summed E-state index contributed by atoms with van der Waals surface area (Å²) < 4.78 is 4.96. The number of aryl methyl sites for hydroxylation is 1. The van der Waals surface area contributed by atoms with Crippen molar-refractivity contribution in [3.8, 4) is 0 Å². The lowest BCUT2D eigenvalue weighted by molar-refractivity contribution is -0.117. The van der Waals surface area contributed by atoms with Crippen LogP contribution in [0.1, 0.15) is 29.4 Å². The Morgan fingerprint density at radius 1 is 1.65 bits per heavy atom. The fourth-order valence-electron chi connectivity index (χ4n) is 2.25. The Labute approximate surface area is 118 Å². The van der Waals surface area contributed by atoms with Crippen molar-refractivity contribution in [2.75, 3.05) is 18.1 Å². The lowest BCUT2D eigenvalue weighted by atomic mass is 10.1. The molecule has 1 unspecified atom stereocenters. The first-order valence-electron chi connectivity index (χ1n) is 6.63. The minimum atomic E-state index is -0.423. The highest BCUT2D eigenvalue weighted by molar-refractivity contribution is 5.98. The standard InChI is InChI=1S/C15H18N2O3/c1-4-11-6-14(18)17(9-11)13-7-12(8-16-10(13)3)15(19)20-5-2/h4,7-8,11H,1,5-6,9H2,2-3H3. The summed E-state index contributed by atoms with van der Waals surface area (Å²) in [5, 5.41) is 0. The number of carbonyl (C=O) groups is 2. The quantitative estimate of drug-likeness (QED) is 0.623. The first-order valence-corrected chi connectivity index (χ1v) is 6.63. The molecule has 5 nitrogen and oxygen atoms in total. The Morgan fingerprint density at radius 3 is 3.00 bits per heavy atom. The highest BCUT2D eigenvalue weighted by atomic mass is 16.5. The molecular formula is C15H18N2O3. The second-order valence-corrected chi connectivity index (χ2v) is 4.75. The van der Waals surface area contributed by atoms with E-state index in [0.717, 1.165) is 5.69 Å². The third kappa shape index (κ3) is 2.71. The zero-order valence-corrected chi connectivity index (χ0v) is 11.8. The van der Waals surface area contributed by atoms with Crippen LogP contribution < -0.4 is 4.90 Å². The van der Waals surface area contributed by atoms with Crippen LogP contribution in [0.2, 0.25) is 0 Å². The first-order chi connectivity index (χ1) is 9.56. The fraction of sp³-hybridized carbons (Fsp3) is 0.400. The molecule has 0 spiro atoms. The summed E-state index contributed by atoms with van der Waals surface area (Å²) in [6, 6.07) is 1.67. The summed E-state index contributed by atoms with van der Waals surface area (Å²) in [5.74, 6) is -0.248. The first kappa shape index (κ1) is 14.2. The highest BCUT2D eigenvalue weighted by Gasteiger charge is 2.30. The molecule has 0 radical (unpaired) electrons. The molecule has 1 fully saturated rings. The second kappa shape index (κ2) is 5.86. The van der Waals surface area contributed by atoms with Gasteiger partial charge in [-0.2, -0.15) is 0 Å². The van der Waals surface area contributed by atoms with Crippen molar-refractivity contribution in [2.24, 2.45) is 5.92 Å². The summed E-state index contributed by atoms with van der Waals surface area (Å²) in [6.07, 6.45) is 3.71. The minimum Gasteiger partial charge on any atom is -0.462 e. The molecule has 1 aliphatic heterocycles. The molecule has 0 saturated carbocycles. The van der Waals surface area contributed by atoms with E-state index in [2.05, 4.69) is 11.6 Å². The van der Waals surface area contributed by atoms with Crippen molar-refractivity contribution in [3.63, 3.8) is 0 Å². The molecule has 0 N–H and O–H groups in total. The van der Waals surface area contributed by atoms with Gasteiger partial charge in [0, 0.05) is 25.1 Å². The number of carbonyl (C=O) groups excluding carboxylic acids is 2. The molecule has 2 rings (SSSR count). The number of hydrogen-bond donors (Lipinski definition) is 0. The van der Waals surface area contributed by atoms with E-state index in [1.807, 2.05) is 6.92 Å². The number of ether oxygens (including phenoxy) is 1. The molecular weight excluding hydrogens is 256 g/mol. The molecule has 1 atom stereocenters. The Morgan fingerprint density at radius 2 is 2.40 bits per heavy atom. The molecule has 1 amide bonds. The normalized spacial score (nSPS) is 18.2. The number of aromatic nitrogens is 1. The molecule has 0 bridgehead atoms. The maximum atomic E-state index is 12.0. The van der Waals surface area contributed by atoms with Crippen LogP contribution in [0.3, 0.4) is 0 Å². The Balaban J connectivity index is 2.31. The van der Waals surface area contributed by atoms with Crippen LogP contribution >= 0.6 is 0 Å². The molecule has 0 aliphatic carbocycles. The number of pyridine rings is 1. The molecule has 0 aromatic carbocycles. The zero-order chi connectivity index (χ0) is 14.7. The molecule has 1 aromatic rings. The third-order valence-electron chi connectivity index (χ3n) is 3.35. The van der Waals surface area contributed by atoms with Gasteiger partial charge in [-0.25, -0.2) is 4.79 Å². The van der Waals surface area contributed by atoms with Gasteiger partial charge < -0.3 is 9.64 Å². The van der Waals surface area contributed by atoms with Gasteiger partial charge in [0.15, 0.2) is 0 Å². The van der Waals surface area contributed by atoms with Crippen LogP contribution in [0.15, 0.2) is 24.9 Å². The van der Waals surface area contributed by atoms with Gasteiger partial charge in [-0.05, 0) is 19.9 Å². The second-order valence-electron chi connectivity index (χ2n) is 4.75. The van der Waals surface area contributed by atoms with Crippen LogP contribution in [-0.2, 0) is 9.53 Å². The van der Waals surface area contributed by atoms with Crippen LogP contribution in [0, 0.1) is 12.8 Å². The molecule has 106 valence electrons. The number of anilines is 1. The van der Waals surface area contributed by atoms with Gasteiger partial charge in [0.05, 0.1) is 23.6 Å². The maximum Gasteiger partial charge on any atom is 0.339 e. The van der Waals surface area contributed by atoms with Gasteiger partial charge in [-0.3, -0.25) is 9.78 Å². The highest BCUT2D eigenvalue weighted by Crippen LogP contribution is 2.28. The van der Waals surface area contributed by atoms with Crippen LogP contribution in [-0.4, -0.2) is 30.0 Å². The van der Waals surface area contributed by atoms with Crippen LogP contribution in [0.25, 0.3) is 0 Å². The smallest absolute Gasteiger partial charge is 0.339 e. The van der Waals surface area contributed by atoms with Gasteiger partial charge in [-0.15, -0.1) is 6.58 Å². The van der Waals surface area contributed by atoms with Crippen LogP contribution in [0.4, 0.5) is 5.69 Å². The van der Waals surface area contributed by atoms with Gasteiger partial charge in [-0.1, -0.05) is 6.08 Å². The van der Waals surface area contributed by atoms with Crippen molar-refractivity contribution in [3.05, 3.63) is 36.2 Å². The zero-order valence-electron chi connectivity index (χ0n) is 11.8. The molecule has 1 saturated heterocycles. The largest absolute Gasteiger partial charge is 0.462 e. The van der Waals surface area contributed by atoms with E-state index in [9.17, 15) is 9.59 Å². The number of nitrogens with zero attached hydrogens (tertiary/aromatic N) is 2. The SMILES string of the molecule is C=CC1CC(=O)N(c2cc(C(=O)OCC)cnc2C)C1. The van der Waals surface area contributed by atoms with Gasteiger partial charge in [0.2, 0.25) is 5.91 Å². The molecule has 1 aromatic heterocycles. The number of hydrogen-bond acceptors (Lipinski definition) is 4. The van der Waals surface area contributed by atoms with E-state index in [1.54, 1.807) is 24.0 Å². The van der Waals surface area contributed by atoms with Crippen molar-refractivity contribution in [2.45, 2.75) is 20.3 Å². The van der Waals surface area contributed by atoms with E-state index < -0.39 is 5.97 Å². The molecule has 5 heteroatoms. The van der Waals surface area contributed by atoms with E-state index in [4.69, 9.17) is 4.74 Å². The van der Waals surface area contributed by atoms with Gasteiger partial charge in [0.1, 0.15) is 0 Å². The van der Waals surface area contributed by atoms with Gasteiger partial charge in [0.25, 0.3) is 0 Å². The summed E-state index contributed by atoms with van der Waals surface area (Å²) in [7, 11) is 0. The van der Waals surface area contributed by atoms with Crippen molar-refractivity contribution in [1.82, 2.24) is 4.98 Å². The summed E-state index contributed by atoms with van der Waals surface area (Å²) >= 11 is 0. The van der Waals surface area contributed by atoms with E-state index >= 15 is 0 Å².